The number of pyridine rings is 1. The summed E-state index contributed by atoms with van der Waals surface area (Å²) in [6.07, 6.45) is 1.65. The summed E-state index contributed by atoms with van der Waals surface area (Å²) in [6, 6.07) is 5.28. The molecule has 5 heteroatoms. The topological polar surface area (TPSA) is 40.5 Å². The Hall–Kier alpha value is -1.49. The first-order valence-corrected chi connectivity index (χ1v) is 5.32. The lowest BCUT2D eigenvalue weighted by atomic mass is 10.1. The van der Waals surface area contributed by atoms with Crippen LogP contribution in [0.25, 0.3) is 10.8 Å². The number of nitrogens with zero attached hydrogens (tertiary/aromatic N) is 1. The smallest absolute Gasteiger partial charge is 0.268 e. The maximum Gasteiger partial charge on any atom is 0.268 e. The number of aromatic nitrogens is 1. The molecule has 4 nitrogen and oxygen atoms in total. The summed E-state index contributed by atoms with van der Waals surface area (Å²) in [5, 5.41) is 1.40. The van der Waals surface area contributed by atoms with Gasteiger partial charge in [-0.05, 0) is 23.6 Å². The van der Waals surface area contributed by atoms with Gasteiger partial charge in [-0.15, -0.1) is 0 Å². The molecule has 1 heterocycles. The first kappa shape index (κ1) is 11.0. The van der Waals surface area contributed by atoms with Crippen molar-refractivity contribution >= 4 is 26.9 Å². The molecule has 0 unspecified atom stereocenters. The van der Waals surface area contributed by atoms with E-state index in [-0.39, 0.29) is 5.56 Å². The second-order valence-electron chi connectivity index (χ2n) is 3.23. The van der Waals surface area contributed by atoms with Crippen LogP contribution in [0.1, 0.15) is 0 Å². The van der Waals surface area contributed by atoms with Gasteiger partial charge in [0.2, 0.25) is 0 Å². The van der Waals surface area contributed by atoms with Crippen molar-refractivity contribution in [1.82, 2.24) is 3.59 Å². The summed E-state index contributed by atoms with van der Waals surface area (Å²) < 4.78 is 11.7. The second kappa shape index (κ2) is 4.17. The summed E-state index contributed by atoms with van der Waals surface area (Å²) in [5.74, 6) is 1.16. The number of hydrogen-bond acceptors (Lipinski definition) is 3. The van der Waals surface area contributed by atoms with Crippen LogP contribution >= 0.6 is 16.1 Å². The fourth-order valence-corrected chi connectivity index (χ4v) is 1.86. The average Bonchev–Trinajstić information content (AvgIpc) is 2.32. The van der Waals surface area contributed by atoms with Crippen LogP contribution in [-0.4, -0.2) is 17.8 Å². The van der Waals surface area contributed by atoms with Gasteiger partial charge in [0.05, 0.1) is 35.8 Å². The van der Waals surface area contributed by atoms with Crippen molar-refractivity contribution in [2.45, 2.75) is 0 Å². The maximum absolute atomic E-state index is 11.8. The van der Waals surface area contributed by atoms with Crippen LogP contribution in [-0.2, 0) is 0 Å². The third kappa shape index (κ3) is 1.67. The van der Waals surface area contributed by atoms with Crippen molar-refractivity contribution in [3.63, 3.8) is 0 Å². The molecule has 0 N–H and O–H groups in total. The van der Waals surface area contributed by atoms with Crippen molar-refractivity contribution in [2.75, 3.05) is 14.2 Å². The van der Waals surface area contributed by atoms with Crippen LogP contribution in [0.4, 0.5) is 0 Å². The minimum absolute atomic E-state index is 0.126. The highest BCUT2D eigenvalue weighted by Crippen LogP contribution is 2.30. The van der Waals surface area contributed by atoms with E-state index in [0.717, 1.165) is 5.39 Å². The Bertz CT molecular complexity index is 592. The Kier molecular flexibility index (Phi) is 2.87. The summed E-state index contributed by atoms with van der Waals surface area (Å²) in [5.41, 5.74) is -0.126. The Morgan fingerprint density at radius 3 is 2.44 bits per heavy atom. The zero-order valence-electron chi connectivity index (χ0n) is 8.86. The monoisotopic (exact) mass is 283 g/mol. The van der Waals surface area contributed by atoms with Gasteiger partial charge in [0.15, 0.2) is 11.5 Å². The van der Waals surface area contributed by atoms with Crippen LogP contribution in [0.2, 0.25) is 0 Å². The van der Waals surface area contributed by atoms with Crippen molar-refractivity contribution in [2.24, 2.45) is 0 Å². The van der Waals surface area contributed by atoms with Crippen molar-refractivity contribution in [3.8, 4) is 11.5 Å². The molecule has 2 aromatic rings. The van der Waals surface area contributed by atoms with Crippen molar-refractivity contribution in [3.05, 3.63) is 34.7 Å². The molecule has 0 fully saturated rings. The molecule has 1 aromatic carbocycles. The van der Waals surface area contributed by atoms with E-state index < -0.39 is 0 Å². The number of fused-ring (bicyclic) bond motifs is 1. The molecule has 0 aliphatic carbocycles. The molecule has 0 aliphatic heterocycles. The summed E-state index contributed by atoms with van der Waals surface area (Å²) >= 11 is 3.13. The van der Waals surface area contributed by atoms with Crippen LogP contribution < -0.4 is 15.0 Å². The van der Waals surface area contributed by atoms with E-state index in [1.165, 1.54) is 3.59 Å². The lowest BCUT2D eigenvalue weighted by molar-refractivity contribution is 0.356. The molecule has 0 bridgehead atoms. The van der Waals surface area contributed by atoms with E-state index in [1.807, 2.05) is 6.07 Å². The van der Waals surface area contributed by atoms with E-state index >= 15 is 0 Å². The van der Waals surface area contributed by atoms with Gasteiger partial charge in [-0.2, -0.15) is 0 Å². The minimum atomic E-state index is -0.126. The molecule has 84 valence electrons. The highest BCUT2D eigenvalue weighted by Gasteiger charge is 2.08. The molecule has 0 saturated heterocycles. The molecule has 0 saturated carbocycles. The Morgan fingerprint density at radius 1 is 1.19 bits per heavy atom. The lowest BCUT2D eigenvalue weighted by Crippen LogP contribution is -2.11. The number of benzene rings is 1. The molecule has 0 spiro atoms. The minimum Gasteiger partial charge on any atom is -0.493 e. The van der Waals surface area contributed by atoms with Gasteiger partial charge in [-0.1, -0.05) is 0 Å². The standard InChI is InChI=1S/C11H10BrNO3/c1-15-9-5-7-3-4-13(12)11(14)8(7)6-10(9)16-2/h3-6H,1-2H3. The van der Waals surface area contributed by atoms with Gasteiger partial charge < -0.3 is 9.47 Å². The number of rotatable bonds is 2. The van der Waals surface area contributed by atoms with Gasteiger partial charge in [0, 0.05) is 6.20 Å². The Balaban J connectivity index is 2.84. The Labute approximate surface area is 101 Å². The summed E-state index contributed by atoms with van der Waals surface area (Å²) in [4.78, 5) is 11.8. The fraction of sp³-hybridized carbons (Fsp3) is 0.182. The van der Waals surface area contributed by atoms with Crippen LogP contribution in [0.3, 0.4) is 0 Å². The molecular formula is C11H10BrNO3. The molecule has 2 rings (SSSR count). The first-order chi connectivity index (χ1) is 7.67. The second-order valence-corrected chi connectivity index (χ2v) is 3.99. The van der Waals surface area contributed by atoms with E-state index in [1.54, 1.807) is 32.5 Å². The predicted octanol–water partition coefficient (Wildman–Crippen LogP) is 2.18. The Morgan fingerprint density at radius 2 is 1.81 bits per heavy atom. The highest BCUT2D eigenvalue weighted by atomic mass is 79.9. The van der Waals surface area contributed by atoms with E-state index in [0.29, 0.717) is 16.9 Å². The predicted molar refractivity (Wildman–Crippen MR) is 65.6 cm³/mol. The quantitative estimate of drug-likeness (QED) is 0.848. The largest absolute Gasteiger partial charge is 0.493 e. The normalized spacial score (nSPS) is 10.4. The number of halogens is 1. The molecule has 0 radical (unpaired) electrons. The zero-order chi connectivity index (χ0) is 11.7. The van der Waals surface area contributed by atoms with Crippen LogP contribution in [0, 0.1) is 0 Å². The highest BCUT2D eigenvalue weighted by molar-refractivity contribution is 9.08. The summed E-state index contributed by atoms with van der Waals surface area (Å²) in [6.45, 7) is 0. The molecule has 1 aromatic heterocycles. The number of methoxy groups -OCH3 is 2. The number of ether oxygens (including phenoxy) is 2. The van der Waals surface area contributed by atoms with Crippen LogP contribution in [0.5, 0.6) is 11.5 Å². The van der Waals surface area contributed by atoms with Crippen LogP contribution in [0.15, 0.2) is 29.2 Å². The average molecular weight is 284 g/mol. The van der Waals surface area contributed by atoms with Gasteiger partial charge >= 0.3 is 0 Å². The van der Waals surface area contributed by atoms with Gasteiger partial charge in [0.1, 0.15) is 0 Å². The molecule has 0 aliphatic rings. The lowest BCUT2D eigenvalue weighted by Gasteiger charge is -2.08. The van der Waals surface area contributed by atoms with Gasteiger partial charge in [-0.3, -0.25) is 4.79 Å². The van der Waals surface area contributed by atoms with E-state index in [4.69, 9.17) is 9.47 Å². The first-order valence-electron chi connectivity index (χ1n) is 4.61. The fourth-order valence-electron chi connectivity index (χ4n) is 1.55. The third-order valence-electron chi connectivity index (χ3n) is 2.37. The number of hydrogen-bond donors (Lipinski definition) is 0. The van der Waals surface area contributed by atoms with Gasteiger partial charge in [0.25, 0.3) is 5.56 Å². The van der Waals surface area contributed by atoms with Gasteiger partial charge in [-0.25, -0.2) is 3.59 Å². The summed E-state index contributed by atoms with van der Waals surface area (Å²) in [7, 11) is 3.11. The van der Waals surface area contributed by atoms with E-state index in [2.05, 4.69) is 16.1 Å². The maximum atomic E-state index is 11.8. The molecular weight excluding hydrogens is 274 g/mol. The third-order valence-corrected chi connectivity index (χ3v) is 2.92. The van der Waals surface area contributed by atoms with Crippen molar-refractivity contribution in [1.29, 1.82) is 0 Å². The molecule has 16 heavy (non-hydrogen) atoms. The SMILES string of the molecule is COc1cc2ccn(Br)c(=O)c2cc1OC. The molecule has 0 amide bonds. The zero-order valence-corrected chi connectivity index (χ0v) is 10.4. The van der Waals surface area contributed by atoms with E-state index in [9.17, 15) is 4.79 Å². The van der Waals surface area contributed by atoms with Crippen molar-refractivity contribution < 1.29 is 9.47 Å². The molecule has 0 atom stereocenters.